The third-order valence-electron chi connectivity index (χ3n) is 3.23. The molecule has 0 aromatic heterocycles. The molecule has 0 saturated carbocycles. The highest BCUT2D eigenvalue weighted by molar-refractivity contribution is 5.67. The molecule has 1 aromatic carbocycles. The van der Waals surface area contributed by atoms with Crippen LogP contribution in [0.3, 0.4) is 0 Å². The molecule has 1 aromatic rings. The van der Waals surface area contributed by atoms with E-state index in [-0.39, 0.29) is 12.5 Å². The molecule has 3 nitrogen and oxygen atoms in total. The molecule has 0 aliphatic heterocycles. The minimum Gasteiger partial charge on any atom is -0.481 e. The first-order chi connectivity index (χ1) is 7.66. The Morgan fingerprint density at radius 2 is 2.31 bits per heavy atom. The fourth-order valence-electron chi connectivity index (χ4n) is 2.39. The molecule has 86 valence electrons. The molecular formula is C13H17NO2. The summed E-state index contributed by atoms with van der Waals surface area (Å²) in [5.74, 6) is -0.731. The Hall–Kier alpha value is -1.35. The lowest BCUT2D eigenvalue weighted by Crippen LogP contribution is -2.28. The SMILES string of the molecule is NC1CCc2c(CCC(=O)O)cccc2C1. The van der Waals surface area contributed by atoms with Crippen LogP contribution in [0.25, 0.3) is 0 Å². The van der Waals surface area contributed by atoms with Gasteiger partial charge in [-0.1, -0.05) is 18.2 Å². The zero-order chi connectivity index (χ0) is 11.5. The lowest BCUT2D eigenvalue weighted by atomic mass is 9.85. The quantitative estimate of drug-likeness (QED) is 0.810. The van der Waals surface area contributed by atoms with Crippen LogP contribution in [0.15, 0.2) is 18.2 Å². The Morgan fingerprint density at radius 3 is 3.06 bits per heavy atom. The van der Waals surface area contributed by atoms with Crippen molar-refractivity contribution in [3.63, 3.8) is 0 Å². The van der Waals surface area contributed by atoms with Gasteiger partial charge in [0.1, 0.15) is 0 Å². The molecule has 0 fully saturated rings. The van der Waals surface area contributed by atoms with E-state index in [1.807, 2.05) is 12.1 Å². The Labute approximate surface area is 95.3 Å². The van der Waals surface area contributed by atoms with E-state index < -0.39 is 5.97 Å². The van der Waals surface area contributed by atoms with Gasteiger partial charge in [-0.15, -0.1) is 0 Å². The fourth-order valence-corrected chi connectivity index (χ4v) is 2.39. The maximum atomic E-state index is 10.6. The Bertz CT molecular complexity index is 401. The normalized spacial score (nSPS) is 19.2. The van der Waals surface area contributed by atoms with Crippen molar-refractivity contribution in [3.8, 4) is 0 Å². The highest BCUT2D eigenvalue weighted by atomic mass is 16.4. The lowest BCUT2D eigenvalue weighted by Gasteiger charge is -2.23. The molecule has 0 radical (unpaired) electrons. The summed E-state index contributed by atoms with van der Waals surface area (Å²) < 4.78 is 0. The average molecular weight is 219 g/mol. The molecule has 3 heteroatoms. The van der Waals surface area contributed by atoms with Gasteiger partial charge in [-0.05, 0) is 42.4 Å². The van der Waals surface area contributed by atoms with Crippen LogP contribution in [0.5, 0.6) is 0 Å². The van der Waals surface area contributed by atoms with E-state index in [9.17, 15) is 4.79 Å². The van der Waals surface area contributed by atoms with Crippen LogP contribution in [0.2, 0.25) is 0 Å². The summed E-state index contributed by atoms with van der Waals surface area (Å²) in [5.41, 5.74) is 9.76. The molecule has 16 heavy (non-hydrogen) atoms. The Morgan fingerprint density at radius 1 is 1.50 bits per heavy atom. The van der Waals surface area contributed by atoms with Gasteiger partial charge < -0.3 is 10.8 Å². The first-order valence-corrected chi connectivity index (χ1v) is 5.74. The zero-order valence-corrected chi connectivity index (χ0v) is 9.28. The topological polar surface area (TPSA) is 63.3 Å². The number of hydrogen-bond acceptors (Lipinski definition) is 2. The number of fused-ring (bicyclic) bond motifs is 1. The molecule has 3 N–H and O–H groups in total. The number of aliphatic carboxylic acids is 1. The number of aryl methyl sites for hydroxylation is 1. The smallest absolute Gasteiger partial charge is 0.303 e. The van der Waals surface area contributed by atoms with Crippen molar-refractivity contribution < 1.29 is 9.90 Å². The number of rotatable bonds is 3. The highest BCUT2D eigenvalue weighted by Crippen LogP contribution is 2.24. The van der Waals surface area contributed by atoms with Gasteiger partial charge in [-0.2, -0.15) is 0 Å². The van der Waals surface area contributed by atoms with Gasteiger partial charge in [0.05, 0.1) is 0 Å². The largest absolute Gasteiger partial charge is 0.481 e. The van der Waals surface area contributed by atoms with E-state index >= 15 is 0 Å². The molecule has 0 saturated heterocycles. The van der Waals surface area contributed by atoms with Crippen molar-refractivity contribution in [3.05, 3.63) is 34.9 Å². The second-order valence-electron chi connectivity index (χ2n) is 4.45. The summed E-state index contributed by atoms with van der Waals surface area (Å²) in [7, 11) is 0. The monoisotopic (exact) mass is 219 g/mol. The van der Waals surface area contributed by atoms with Gasteiger partial charge >= 0.3 is 5.97 Å². The van der Waals surface area contributed by atoms with Crippen LogP contribution < -0.4 is 5.73 Å². The fraction of sp³-hybridized carbons (Fsp3) is 0.462. The Kier molecular flexibility index (Phi) is 3.25. The van der Waals surface area contributed by atoms with Gasteiger partial charge in [0, 0.05) is 12.5 Å². The van der Waals surface area contributed by atoms with Crippen LogP contribution in [-0.4, -0.2) is 17.1 Å². The van der Waals surface area contributed by atoms with Crippen molar-refractivity contribution in [2.75, 3.05) is 0 Å². The summed E-state index contributed by atoms with van der Waals surface area (Å²) >= 11 is 0. The van der Waals surface area contributed by atoms with E-state index in [4.69, 9.17) is 10.8 Å². The van der Waals surface area contributed by atoms with Crippen LogP contribution >= 0.6 is 0 Å². The van der Waals surface area contributed by atoms with Crippen molar-refractivity contribution >= 4 is 5.97 Å². The van der Waals surface area contributed by atoms with Crippen molar-refractivity contribution in [1.82, 2.24) is 0 Å². The van der Waals surface area contributed by atoms with E-state index in [1.54, 1.807) is 0 Å². The van der Waals surface area contributed by atoms with E-state index in [1.165, 1.54) is 16.7 Å². The molecule has 0 spiro atoms. The number of carboxylic acids is 1. The minimum atomic E-state index is -0.731. The second kappa shape index (κ2) is 4.66. The van der Waals surface area contributed by atoms with E-state index in [0.717, 1.165) is 19.3 Å². The van der Waals surface area contributed by atoms with Crippen molar-refractivity contribution in [2.45, 2.75) is 38.1 Å². The van der Waals surface area contributed by atoms with Gasteiger partial charge in [0.15, 0.2) is 0 Å². The molecule has 1 atom stereocenters. The number of nitrogens with two attached hydrogens (primary N) is 1. The average Bonchev–Trinajstić information content (AvgIpc) is 2.25. The first kappa shape index (κ1) is 11.1. The summed E-state index contributed by atoms with van der Waals surface area (Å²) in [5, 5.41) is 8.70. The molecule has 1 aliphatic carbocycles. The molecule has 2 rings (SSSR count). The van der Waals surface area contributed by atoms with Crippen LogP contribution in [0, 0.1) is 0 Å². The predicted molar refractivity (Wildman–Crippen MR) is 62.4 cm³/mol. The van der Waals surface area contributed by atoms with Crippen LogP contribution in [0.1, 0.15) is 29.5 Å². The highest BCUT2D eigenvalue weighted by Gasteiger charge is 2.17. The van der Waals surface area contributed by atoms with Gasteiger partial charge in [-0.3, -0.25) is 4.79 Å². The lowest BCUT2D eigenvalue weighted by molar-refractivity contribution is -0.136. The molecule has 1 unspecified atom stereocenters. The van der Waals surface area contributed by atoms with Gasteiger partial charge in [0.2, 0.25) is 0 Å². The maximum Gasteiger partial charge on any atom is 0.303 e. The predicted octanol–water partition coefficient (Wildman–Crippen LogP) is 1.52. The first-order valence-electron chi connectivity index (χ1n) is 5.74. The van der Waals surface area contributed by atoms with Crippen molar-refractivity contribution in [1.29, 1.82) is 0 Å². The van der Waals surface area contributed by atoms with Crippen LogP contribution in [-0.2, 0) is 24.1 Å². The molecule has 0 bridgehead atoms. The summed E-state index contributed by atoms with van der Waals surface area (Å²) in [6.07, 6.45) is 3.77. The molecule has 1 aliphatic rings. The van der Waals surface area contributed by atoms with E-state index in [0.29, 0.717) is 6.42 Å². The number of benzene rings is 1. The summed E-state index contributed by atoms with van der Waals surface area (Å²) in [6.45, 7) is 0. The number of carboxylic acid groups (broad SMARTS) is 1. The Balaban J connectivity index is 2.20. The van der Waals surface area contributed by atoms with Gasteiger partial charge in [-0.25, -0.2) is 0 Å². The van der Waals surface area contributed by atoms with E-state index in [2.05, 4.69) is 6.07 Å². The molecule has 0 amide bonds. The number of hydrogen-bond donors (Lipinski definition) is 2. The van der Waals surface area contributed by atoms with Crippen molar-refractivity contribution in [2.24, 2.45) is 5.73 Å². The van der Waals surface area contributed by atoms with Crippen LogP contribution in [0.4, 0.5) is 0 Å². The summed E-state index contributed by atoms with van der Waals surface area (Å²) in [4.78, 5) is 10.6. The summed E-state index contributed by atoms with van der Waals surface area (Å²) in [6, 6.07) is 6.42. The molecular weight excluding hydrogens is 202 g/mol. The van der Waals surface area contributed by atoms with Gasteiger partial charge in [0.25, 0.3) is 0 Å². The second-order valence-corrected chi connectivity index (χ2v) is 4.45. The third-order valence-corrected chi connectivity index (χ3v) is 3.23. The molecule has 0 heterocycles. The number of carbonyl (C=O) groups is 1. The minimum absolute atomic E-state index is 0.211. The third kappa shape index (κ3) is 2.42. The zero-order valence-electron chi connectivity index (χ0n) is 9.28. The maximum absolute atomic E-state index is 10.6. The standard InChI is InChI=1S/C13H17NO2/c14-11-5-6-12-9(4-7-13(15)16)2-1-3-10(12)8-11/h1-3,11H,4-8,14H2,(H,15,16).